The summed E-state index contributed by atoms with van der Waals surface area (Å²) in [5.41, 5.74) is 2.17. The number of hydrogen-bond acceptors (Lipinski definition) is 2. The van der Waals surface area contributed by atoms with E-state index in [0.29, 0.717) is 0 Å². The summed E-state index contributed by atoms with van der Waals surface area (Å²) in [6.45, 7) is 2.06. The Morgan fingerprint density at radius 2 is 1.82 bits per heavy atom. The highest BCUT2D eigenvalue weighted by Gasteiger charge is 2.55. The van der Waals surface area contributed by atoms with E-state index in [1.807, 2.05) is 23.1 Å². The van der Waals surface area contributed by atoms with Gasteiger partial charge < -0.3 is 10.0 Å². The monoisotopic (exact) mass is 299 g/mol. The van der Waals surface area contributed by atoms with Gasteiger partial charge in [0.25, 0.3) is 0 Å². The highest BCUT2D eigenvalue weighted by Crippen LogP contribution is 2.53. The van der Waals surface area contributed by atoms with E-state index < -0.39 is 11.9 Å². The van der Waals surface area contributed by atoms with Gasteiger partial charge in [0, 0.05) is 11.7 Å². The van der Waals surface area contributed by atoms with Crippen LogP contribution >= 0.6 is 0 Å². The number of carbonyl (C=O) groups is 2. The Morgan fingerprint density at radius 3 is 2.55 bits per heavy atom. The molecule has 1 N–H and O–H groups in total. The zero-order valence-electron chi connectivity index (χ0n) is 12.7. The second-order valence-electron chi connectivity index (χ2n) is 7.11. The first-order valence-corrected chi connectivity index (χ1v) is 8.21. The fourth-order valence-corrected chi connectivity index (χ4v) is 5.06. The van der Waals surface area contributed by atoms with Crippen LogP contribution in [0.1, 0.15) is 31.7 Å². The summed E-state index contributed by atoms with van der Waals surface area (Å²) in [5.74, 6) is -1.10. The number of anilines is 1. The number of nitrogens with zero attached hydrogens (tertiary/aromatic N) is 1. The number of carboxylic acids is 1. The number of fused-ring (bicyclic) bond motifs is 3. The van der Waals surface area contributed by atoms with Gasteiger partial charge >= 0.3 is 5.97 Å². The quantitative estimate of drug-likeness (QED) is 0.913. The van der Waals surface area contributed by atoms with Crippen LogP contribution in [0.4, 0.5) is 5.69 Å². The fraction of sp³-hybridized carbons (Fsp3) is 0.556. The molecule has 3 aliphatic rings. The van der Waals surface area contributed by atoms with Gasteiger partial charge in [-0.05, 0) is 56.1 Å². The Labute approximate surface area is 130 Å². The van der Waals surface area contributed by atoms with Crippen molar-refractivity contribution >= 4 is 17.6 Å². The summed E-state index contributed by atoms with van der Waals surface area (Å²) in [6.07, 6.45) is 3.75. The minimum absolute atomic E-state index is 0.0389. The number of amides is 1. The van der Waals surface area contributed by atoms with Crippen molar-refractivity contribution in [2.45, 2.75) is 38.6 Å². The average molecular weight is 299 g/mol. The van der Waals surface area contributed by atoms with E-state index in [1.165, 1.54) is 5.56 Å². The molecule has 1 aromatic rings. The van der Waals surface area contributed by atoms with Gasteiger partial charge in [-0.25, -0.2) is 0 Å². The summed E-state index contributed by atoms with van der Waals surface area (Å²) < 4.78 is 0. The van der Waals surface area contributed by atoms with Crippen LogP contribution in [0.5, 0.6) is 0 Å². The van der Waals surface area contributed by atoms with Crippen LogP contribution in [0.3, 0.4) is 0 Å². The van der Waals surface area contributed by atoms with Gasteiger partial charge in [-0.1, -0.05) is 18.2 Å². The fourth-order valence-electron chi connectivity index (χ4n) is 5.06. The Kier molecular flexibility index (Phi) is 3.03. The van der Waals surface area contributed by atoms with Crippen LogP contribution in [0, 0.1) is 23.7 Å². The van der Waals surface area contributed by atoms with Crippen molar-refractivity contribution < 1.29 is 14.7 Å². The lowest BCUT2D eigenvalue weighted by Gasteiger charge is -2.33. The van der Waals surface area contributed by atoms with Crippen LogP contribution in [0.25, 0.3) is 0 Å². The van der Waals surface area contributed by atoms with Crippen molar-refractivity contribution in [1.29, 1.82) is 0 Å². The maximum absolute atomic E-state index is 13.2. The molecule has 2 aliphatic carbocycles. The molecule has 116 valence electrons. The van der Waals surface area contributed by atoms with E-state index in [2.05, 4.69) is 13.0 Å². The number of carboxylic acid groups (broad SMARTS) is 1. The van der Waals surface area contributed by atoms with Crippen molar-refractivity contribution in [3.05, 3.63) is 29.8 Å². The normalized spacial score (nSPS) is 35.7. The summed E-state index contributed by atoms with van der Waals surface area (Å²) in [4.78, 5) is 26.7. The molecule has 4 heteroatoms. The number of para-hydroxylation sites is 1. The standard InChI is InChI=1S/C18H21NO3/c1-10-8-11-4-2-3-5-14(11)19(10)17(20)15-12-6-7-13(9-12)16(15)18(21)22/h2-5,10,12-13,15-16H,6-9H2,1H3,(H,21,22)/t10-,12-,13+,15+,16+/m1/s1. The van der Waals surface area contributed by atoms with Crippen LogP contribution in [-0.4, -0.2) is 23.0 Å². The third kappa shape index (κ3) is 1.82. The Hall–Kier alpha value is -1.84. The molecule has 2 saturated carbocycles. The second-order valence-corrected chi connectivity index (χ2v) is 7.11. The highest BCUT2D eigenvalue weighted by atomic mass is 16.4. The molecule has 2 bridgehead atoms. The minimum atomic E-state index is -0.786. The van der Waals surface area contributed by atoms with Crippen molar-refractivity contribution in [2.24, 2.45) is 23.7 Å². The third-order valence-electron chi connectivity index (χ3n) is 5.93. The largest absolute Gasteiger partial charge is 0.481 e. The maximum Gasteiger partial charge on any atom is 0.307 e. The molecule has 5 atom stereocenters. The predicted molar refractivity (Wildman–Crippen MR) is 82.5 cm³/mol. The zero-order valence-corrected chi connectivity index (χ0v) is 12.7. The van der Waals surface area contributed by atoms with Crippen molar-refractivity contribution in [3.8, 4) is 0 Å². The summed E-state index contributed by atoms with van der Waals surface area (Å²) in [7, 11) is 0. The van der Waals surface area contributed by atoms with E-state index in [9.17, 15) is 14.7 Å². The van der Waals surface area contributed by atoms with Crippen LogP contribution in [0.15, 0.2) is 24.3 Å². The number of hydrogen-bond donors (Lipinski definition) is 1. The number of aliphatic carboxylic acids is 1. The lowest BCUT2D eigenvalue weighted by atomic mass is 9.78. The van der Waals surface area contributed by atoms with Crippen LogP contribution in [-0.2, 0) is 16.0 Å². The lowest BCUT2D eigenvalue weighted by Crippen LogP contribution is -2.46. The smallest absolute Gasteiger partial charge is 0.307 e. The van der Waals surface area contributed by atoms with Gasteiger partial charge in [0.05, 0.1) is 11.8 Å². The minimum Gasteiger partial charge on any atom is -0.481 e. The molecular weight excluding hydrogens is 278 g/mol. The highest BCUT2D eigenvalue weighted by molar-refractivity contribution is 6.00. The molecule has 4 rings (SSSR count). The first-order chi connectivity index (χ1) is 10.6. The summed E-state index contributed by atoms with van der Waals surface area (Å²) in [5, 5.41) is 9.59. The molecule has 0 unspecified atom stereocenters. The Morgan fingerprint density at radius 1 is 1.14 bits per heavy atom. The first kappa shape index (κ1) is 13.8. The van der Waals surface area contributed by atoms with Crippen molar-refractivity contribution in [3.63, 3.8) is 0 Å². The van der Waals surface area contributed by atoms with Crippen LogP contribution < -0.4 is 4.90 Å². The topological polar surface area (TPSA) is 57.6 Å². The summed E-state index contributed by atoms with van der Waals surface area (Å²) in [6, 6.07) is 8.12. The van der Waals surface area contributed by atoms with Gasteiger partial charge in [0.15, 0.2) is 0 Å². The first-order valence-electron chi connectivity index (χ1n) is 8.21. The average Bonchev–Trinajstić information content (AvgIpc) is 3.17. The second kappa shape index (κ2) is 4.83. The van der Waals surface area contributed by atoms with E-state index in [0.717, 1.165) is 31.4 Å². The SMILES string of the molecule is C[C@@H]1Cc2ccccc2N1C(=O)[C@H]1[C@@H]2CC[C@@H](C2)[C@@H]1C(=O)O. The van der Waals surface area contributed by atoms with E-state index in [1.54, 1.807) is 0 Å². The van der Waals surface area contributed by atoms with E-state index in [-0.39, 0.29) is 29.7 Å². The molecular formula is C18H21NO3. The number of rotatable bonds is 2. The molecule has 2 fully saturated rings. The van der Waals surface area contributed by atoms with Gasteiger partial charge in [-0.3, -0.25) is 9.59 Å². The molecule has 1 heterocycles. The molecule has 1 amide bonds. The third-order valence-corrected chi connectivity index (χ3v) is 5.93. The van der Waals surface area contributed by atoms with Gasteiger partial charge in [0.2, 0.25) is 5.91 Å². The van der Waals surface area contributed by atoms with Gasteiger partial charge in [-0.15, -0.1) is 0 Å². The molecule has 1 aromatic carbocycles. The zero-order chi connectivity index (χ0) is 15.4. The Balaban J connectivity index is 1.68. The molecule has 0 aromatic heterocycles. The molecule has 4 nitrogen and oxygen atoms in total. The maximum atomic E-state index is 13.2. The van der Waals surface area contributed by atoms with Gasteiger partial charge in [0.1, 0.15) is 0 Å². The molecule has 0 saturated heterocycles. The predicted octanol–water partition coefficient (Wildman–Crippen LogP) is 2.71. The lowest BCUT2D eigenvalue weighted by molar-refractivity contribution is -0.149. The van der Waals surface area contributed by atoms with E-state index >= 15 is 0 Å². The van der Waals surface area contributed by atoms with Crippen molar-refractivity contribution in [1.82, 2.24) is 0 Å². The van der Waals surface area contributed by atoms with E-state index in [4.69, 9.17) is 0 Å². The molecule has 22 heavy (non-hydrogen) atoms. The number of benzene rings is 1. The van der Waals surface area contributed by atoms with Crippen LogP contribution in [0.2, 0.25) is 0 Å². The number of carbonyl (C=O) groups excluding carboxylic acids is 1. The van der Waals surface area contributed by atoms with Crippen molar-refractivity contribution in [2.75, 3.05) is 4.90 Å². The summed E-state index contributed by atoms with van der Waals surface area (Å²) >= 11 is 0. The van der Waals surface area contributed by atoms with Gasteiger partial charge in [-0.2, -0.15) is 0 Å². The Bertz CT molecular complexity index is 641. The molecule has 1 aliphatic heterocycles. The molecule has 0 radical (unpaired) electrons. The molecule has 0 spiro atoms.